The van der Waals surface area contributed by atoms with E-state index in [2.05, 4.69) is 53.3 Å². The summed E-state index contributed by atoms with van der Waals surface area (Å²) in [5.41, 5.74) is 3.42. The quantitative estimate of drug-likeness (QED) is 0.936. The molecular formula is C17H23N3O. The number of ether oxygens (including phenoxy) is 1. The number of nitrogens with one attached hydrogen (secondary N) is 1. The normalized spacial score (nSPS) is 19.1. The molecule has 21 heavy (non-hydrogen) atoms. The van der Waals surface area contributed by atoms with Crippen molar-refractivity contribution in [3.63, 3.8) is 0 Å². The minimum atomic E-state index is 0.379. The minimum absolute atomic E-state index is 0.379. The number of benzene rings is 1. The van der Waals surface area contributed by atoms with Crippen molar-refractivity contribution in [1.29, 1.82) is 0 Å². The lowest BCUT2D eigenvalue weighted by Gasteiger charge is -2.38. The number of anilines is 1. The van der Waals surface area contributed by atoms with Crippen LogP contribution in [-0.4, -0.2) is 43.9 Å². The maximum atomic E-state index is 5.68. The van der Waals surface area contributed by atoms with Crippen LogP contribution in [0.15, 0.2) is 30.3 Å². The summed E-state index contributed by atoms with van der Waals surface area (Å²) < 4.78 is 5.68. The third kappa shape index (κ3) is 3.01. The van der Waals surface area contributed by atoms with Crippen molar-refractivity contribution in [1.82, 2.24) is 10.3 Å². The molecule has 0 radical (unpaired) electrons. The maximum absolute atomic E-state index is 5.68. The third-order valence-corrected chi connectivity index (χ3v) is 3.99. The summed E-state index contributed by atoms with van der Waals surface area (Å²) in [5, 5.41) is 4.67. The molecule has 2 aromatic rings. The zero-order valence-corrected chi connectivity index (χ0v) is 12.8. The molecule has 112 valence electrons. The Morgan fingerprint density at radius 3 is 3.10 bits per heavy atom. The first-order chi connectivity index (χ1) is 10.3. The fourth-order valence-electron chi connectivity index (χ4n) is 2.98. The van der Waals surface area contributed by atoms with Crippen LogP contribution in [0.5, 0.6) is 0 Å². The summed E-state index contributed by atoms with van der Waals surface area (Å²) in [6.07, 6.45) is 0. The van der Waals surface area contributed by atoms with E-state index in [9.17, 15) is 0 Å². The monoisotopic (exact) mass is 285 g/mol. The average Bonchev–Trinajstić information content (AvgIpc) is 2.52. The highest BCUT2D eigenvalue weighted by molar-refractivity contribution is 5.92. The molecule has 0 amide bonds. The largest absolute Gasteiger partial charge is 0.377 e. The summed E-state index contributed by atoms with van der Waals surface area (Å²) in [7, 11) is 0. The van der Waals surface area contributed by atoms with Gasteiger partial charge in [-0.1, -0.05) is 25.1 Å². The molecule has 4 nitrogen and oxygen atoms in total. The van der Waals surface area contributed by atoms with Gasteiger partial charge in [0.25, 0.3) is 0 Å². The zero-order valence-electron chi connectivity index (χ0n) is 12.8. The molecule has 1 atom stereocenters. The van der Waals surface area contributed by atoms with E-state index in [0.717, 1.165) is 44.1 Å². The van der Waals surface area contributed by atoms with E-state index in [1.54, 1.807) is 0 Å². The lowest BCUT2D eigenvalue weighted by molar-refractivity contribution is 0.0940. The number of pyridine rings is 1. The molecule has 1 unspecified atom stereocenters. The van der Waals surface area contributed by atoms with Crippen molar-refractivity contribution in [2.24, 2.45) is 0 Å². The zero-order chi connectivity index (χ0) is 14.7. The second-order valence-electron chi connectivity index (χ2n) is 5.53. The molecule has 1 aliphatic heterocycles. The van der Waals surface area contributed by atoms with E-state index in [0.29, 0.717) is 6.04 Å². The summed E-state index contributed by atoms with van der Waals surface area (Å²) in [5.74, 6) is 0. The maximum Gasteiger partial charge on any atom is 0.0726 e. The molecule has 0 bridgehead atoms. The number of aromatic nitrogens is 1. The van der Waals surface area contributed by atoms with Crippen molar-refractivity contribution in [2.75, 3.05) is 37.7 Å². The van der Waals surface area contributed by atoms with Gasteiger partial charge in [0.1, 0.15) is 0 Å². The van der Waals surface area contributed by atoms with Crippen molar-refractivity contribution in [3.8, 4) is 0 Å². The highest BCUT2D eigenvalue weighted by atomic mass is 16.5. The summed E-state index contributed by atoms with van der Waals surface area (Å²) >= 11 is 0. The SMILES string of the molecule is CCNCC1COCCN1c1cc(C)nc2ccccc12. The van der Waals surface area contributed by atoms with Crippen molar-refractivity contribution >= 4 is 16.6 Å². The summed E-state index contributed by atoms with van der Waals surface area (Å²) in [6.45, 7) is 8.65. The Labute approximate surface area is 126 Å². The molecule has 2 heterocycles. The molecule has 4 heteroatoms. The molecule has 1 aromatic carbocycles. The molecule has 0 saturated carbocycles. The van der Waals surface area contributed by atoms with Gasteiger partial charge in [-0.3, -0.25) is 4.98 Å². The Bertz CT molecular complexity index is 614. The van der Waals surface area contributed by atoms with Gasteiger partial charge in [-0.15, -0.1) is 0 Å². The van der Waals surface area contributed by atoms with Crippen LogP contribution in [0.25, 0.3) is 10.9 Å². The van der Waals surface area contributed by atoms with Crippen LogP contribution in [0, 0.1) is 6.92 Å². The van der Waals surface area contributed by atoms with Crippen LogP contribution >= 0.6 is 0 Å². The molecule has 1 fully saturated rings. The topological polar surface area (TPSA) is 37.4 Å². The van der Waals surface area contributed by atoms with Gasteiger partial charge >= 0.3 is 0 Å². The van der Waals surface area contributed by atoms with Crippen LogP contribution in [0.2, 0.25) is 0 Å². The smallest absolute Gasteiger partial charge is 0.0726 e. The van der Waals surface area contributed by atoms with Crippen molar-refractivity contribution < 1.29 is 4.74 Å². The van der Waals surface area contributed by atoms with Gasteiger partial charge in [-0.2, -0.15) is 0 Å². The predicted molar refractivity (Wildman–Crippen MR) is 87.0 cm³/mol. The number of fused-ring (bicyclic) bond motifs is 1. The minimum Gasteiger partial charge on any atom is -0.377 e. The van der Waals surface area contributed by atoms with Gasteiger partial charge in [0.2, 0.25) is 0 Å². The Morgan fingerprint density at radius 1 is 1.38 bits per heavy atom. The van der Waals surface area contributed by atoms with Crippen LogP contribution in [0.3, 0.4) is 0 Å². The summed E-state index contributed by atoms with van der Waals surface area (Å²) in [4.78, 5) is 7.12. The van der Waals surface area contributed by atoms with Gasteiger partial charge in [-0.25, -0.2) is 0 Å². The standard InChI is InChI=1S/C17H23N3O/c1-3-18-11-14-12-21-9-8-20(14)17-10-13(2)19-16-7-5-4-6-15(16)17/h4-7,10,14,18H,3,8-9,11-12H2,1-2H3. The molecule has 1 saturated heterocycles. The van der Waals surface area contributed by atoms with Crippen molar-refractivity contribution in [2.45, 2.75) is 19.9 Å². The van der Waals surface area contributed by atoms with Crippen molar-refractivity contribution in [3.05, 3.63) is 36.0 Å². The number of nitrogens with zero attached hydrogens (tertiary/aromatic N) is 2. The molecule has 1 N–H and O–H groups in total. The molecule has 0 spiro atoms. The first-order valence-electron chi connectivity index (χ1n) is 7.71. The van der Waals surface area contributed by atoms with E-state index in [4.69, 9.17) is 4.74 Å². The Hall–Kier alpha value is -1.65. The van der Waals surface area contributed by atoms with E-state index < -0.39 is 0 Å². The van der Waals surface area contributed by atoms with Crippen LogP contribution < -0.4 is 10.2 Å². The molecule has 0 aliphatic carbocycles. The third-order valence-electron chi connectivity index (χ3n) is 3.99. The second kappa shape index (κ2) is 6.41. The van der Waals surface area contributed by atoms with Gasteiger partial charge in [-0.05, 0) is 25.6 Å². The number of para-hydroxylation sites is 1. The first-order valence-corrected chi connectivity index (χ1v) is 7.71. The first kappa shape index (κ1) is 14.3. The summed E-state index contributed by atoms with van der Waals surface area (Å²) in [6, 6.07) is 11.0. The average molecular weight is 285 g/mol. The fourth-order valence-corrected chi connectivity index (χ4v) is 2.98. The lowest BCUT2D eigenvalue weighted by Crippen LogP contribution is -2.50. The van der Waals surface area contributed by atoms with E-state index in [1.165, 1.54) is 11.1 Å². The molecule has 1 aliphatic rings. The number of morpholine rings is 1. The number of hydrogen-bond acceptors (Lipinski definition) is 4. The van der Waals surface area contributed by atoms with Crippen LogP contribution in [-0.2, 0) is 4.74 Å². The van der Waals surface area contributed by atoms with Gasteiger partial charge in [0, 0.05) is 29.9 Å². The lowest BCUT2D eigenvalue weighted by atomic mass is 10.1. The van der Waals surface area contributed by atoms with Gasteiger partial charge in [0.05, 0.1) is 24.8 Å². The van der Waals surface area contributed by atoms with Crippen LogP contribution in [0.1, 0.15) is 12.6 Å². The number of likely N-dealkylation sites (N-methyl/N-ethyl adjacent to an activating group) is 1. The molecule has 3 rings (SSSR count). The Morgan fingerprint density at radius 2 is 2.24 bits per heavy atom. The highest BCUT2D eigenvalue weighted by Gasteiger charge is 2.24. The molecular weight excluding hydrogens is 262 g/mol. The Kier molecular flexibility index (Phi) is 4.36. The number of rotatable bonds is 4. The molecule has 1 aromatic heterocycles. The van der Waals surface area contributed by atoms with E-state index >= 15 is 0 Å². The van der Waals surface area contributed by atoms with Gasteiger partial charge in [0.15, 0.2) is 0 Å². The Balaban J connectivity index is 2.00. The van der Waals surface area contributed by atoms with Crippen LogP contribution in [0.4, 0.5) is 5.69 Å². The highest BCUT2D eigenvalue weighted by Crippen LogP contribution is 2.29. The van der Waals surface area contributed by atoms with E-state index in [1.807, 2.05) is 6.07 Å². The second-order valence-corrected chi connectivity index (χ2v) is 5.53. The predicted octanol–water partition coefficient (Wildman–Crippen LogP) is 2.36. The number of hydrogen-bond donors (Lipinski definition) is 1. The van der Waals surface area contributed by atoms with E-state index in [-0.39, 0.29) is 0 Å². The fraction of sp³-hybridized carbons (Fsp3) is 0.471. The number of aryl methyl sites for hydroxylation is 1. The van der Waals surface area contributed by atoms with Gasteiger partial charge < -0.3 is 15.0 Å².